The lowest BCUT2D eigenvalue weighted by Gasteiger charge is -2.28. The fraction of sp³-hybridized carbons (Fsp3) is 0.750. The van der Waals surface area contributed by atoms with Crippen LogP contribution in [0.2, 0.25) is 0 Å². The van der Waals surface area contributed by atoms with E-state index in [0.717, 1.165) is 5.17 Å². The Bertz CT molecular complexity index is 249. The van der Waals surface area contributed by atoms with Gasteiger partial charge in [-0.1, -0.05) is 11.8 Å². The lowest BCUT2D eigenvalue weighted by atomic mass is 10.1. The van der Waals surface area contributed by atoms with E-state index < -0.39 is 0 Å². The zero-order valence-corrected chi connectivity index (χ0v) is 11.4. The van der Waals surface area contributed by atoms with Gasteiger partial charge in [0.25, 0.3) is 0 Å². The highest BCUT2D eigenvalue weighted by Crippen LogP contribution is 2.16. The van der Waals surface area contributed by atoms with Crippen molar-refractivity contribution in [3.05, 3.63) is 0 Å². The minimum Gasteiger partial charge on any atom is -0.272 e. The molecule has 0 aromatic rings. The Balaban J connectivity index is 0.00000169. The summed E-state index contributed by atoms with van der Waals surface area (Å²) in [4.78, 5) is 15.4. The van der Waals surface area contributed by atoms with Crippen LogP contribution in [0.25, 0.3) is 0 Å². The SMILES string of the molecule is Br.CN1NC(=O)CS/C1=N\C(C)(C)C. The molecule has 1 N–H and O–H groups in total. The minimum atomic E-state index is -0.0986. The fourth-order valence-electron chi connectivity index (χ4n) is 0.888. The Hall–Kier alpha value is -0.230. The second-order valence-corrected chi connectivity index (χ2v) is 4.89. The van der Waals surface area contributed by atoms with Gasteiger partial charge in [0.1, 0.15) is 0 Å². The molecule has 0 radical (unpaired) electrons. The second kappa shape index (κ2) is 5.02. The molecule has 0 saturated carbocycles. The highest BCUT2D eigenvalue weighted by Gasteiger charge is 2.20. The van der Waals surface area contributed by atoms with Crippen LogP contribution >= 0.6 is 28.7 Å². The van der Waals surface area contributed by atoms with E-state index in [2.05, 4.69) is 10.4 Å². The van der Waals surface area contributed by atoms with Crippen LogP contribution in [0.4, 0.5) is 0 Å². The molecule has 6 heteroatoms. The van der Waals surface area contributed by atoms with Crippen LogP contribution < -0.4 is 5.43 Å². The Morgan fingerprint density at radius 1 is 1.50 bits per heavy atom. The number of hydrazine groups is 1. The summed E-state index contributed by atoms with van der Waals surface area (Å²) in [5.41, 5.74) is 2.60. The first-order chi connectivity index (χ1) is 5.88. The zero-order valence-electron chi connectivity index (χ0n) is 8.83. The number of halogens is 1. The van der Waals surface area contributed by atoms with Gasteiger partial charge in [0.15, 0.2) is 5.17 Å². The normalized spacial score (nSPS) is 20.4. The van der Waals surface area contributed by atoms with Gasteiger partial charge in [0.2, 0.25) is 5.91 Å². The molecule has 1 saturated heterocycles. The number of nitrogens with zero attached hydrogens (tertiary/aromatic N) is 2. The van der Waals surface area contributed by atoms with Gasteiger partial charge >= 0.3 is 0 Å². The van der Waals surface area contributed by atoms with Crippen molar-refractivity contribution in [2.24, 2.45) is 4.99 Å². The molecule has 0 aromatic carbocycles. The predicted molar refractivity (Wildman–Crippen MR) is 65.9 cm³/mol. The molecule has 0 unspecified atom stereocenters. The molecule has 14 heavy (non-hydrogen) atoms. The molecule has 0 atom stereocenters. The Labute approximate surface area is 99.3 Å². The predicted octanol–water partition coefficient (Wildman–Crippen LogP) is 1.43. The lowest BCUT2D eigenvalue weighted by Crippen LogP contribution is -2.48. The van der Waals surface area contributed by atoms with Crippen LogP contribution in [0.1, 0.15) is 20.8 Å². The number of hydrogen-bond donors (Lipinski definition) is 1. The molecule has 1 fully saturated rings. The number of amidine groups is 1. The van der Waals surface area contributed by atoms with E-state index in [0.29, 0.717) is 5.75 Å². The van der Waals surface area contributed by atoms with Crippen LogP contribution in [0.5, 0.6) is 0 Å². The first-order valence-electron chi connectivity index (χ1n) is 4.14. The highest BCUT2D eigenvalue weighted by molar-refractivity contribution is 8.93. The standard InChI is InChI=1S/C8H15N3OS.BrH/c1-8(2,3)9-7-11(4)10-6(12)5-13-7;/h5H2,1-4H3,(H,10,12);1H/b9-7-;. The highest BCUT2D eigenvalue weighted by atomic mass is 79.9. The van der Waals surface area contributed by atoms with Gasteiger partial charge in [0, 0.05) is 7.05 Å². The van der Waals surface area contributed by atoms with Crippen LogP contribution in [-0.4, -0.2) is 34.4 Å². The van der Waals surface area contributed by atoms with Gasteiger partial charge in [-0.25, -0.2) is 0 Å². The zero-order chi connectivity index (χ0) is 10.1. The largest absolute Gasteiger partial charge is 0.272 e. The van der Waals surface area contributed by atoms with Crippen molar-refractivity contribution in [3.63, 3.8) is 0 Å². The third-order valence-corrected chi connectivity index (χ3v) is 2.37. The van der Waals surface area contributed by atoms with Gasteiger partial charge in [0.05, 0.1) is 11.3 Å². The Kier molecular flexibility index (Phi) is 4.94. The maximum atomic E-state index is 11.0. The summed E-state index contributed by atoms with van der Waals surface area (Å²) in [7, 11) is 1.80. The van der Waals surface area contributed by atoms with E-state index in [9.17, 15) is 4.79 Å². The van der Waals surface area contributed by atoms with E-state index in [1.165, 1.54) is 11.8 Å². The smallest absolute Gasteiger partial charge is 0.249 e. The molecule has 0 spiro atoms. The van der Waals surface area contributed by atoms with Crippen molar-refractivity contribution >= 4 is 39.8 Å². The average Bonchev–Trinajstić information content (AvgIpc) is 1.93. The first kappa shape index (κ1) is 13.8. The van der Waals surface area contributed by atoms with Crippen molar-refractivity contribution in [1.29, 1.82) is 0 Å². The van der Waals surface area contributed by atoms with Crippen molar-refractivity contribution < 1.29 is 4.79 Å². The Morgan fingerprint density at radius 3 is 2.50 bits per heavy atom. The van der Waals surface area contributed by atoms with Crippen LogP contribution in [0, 0.1) is 0 Å². The van der Waals surface area contributed by atoms with Crippen molar-refractivity contribution in [2.75, 3.05) is 12.8 Å². The number of carbonyl (C=O) groups excluding carboxylic acids is 1. The second-order valence-electron chi connectivity index (χ2n) is 3.95. The molecule has 1 rings (SSSR count). The molecule has 1 amide bonds. The van der Waals surface area contributed by atoms with Gasteiger partial charge in [-0.2, -0.15) is 0 Å². The summed E-state index contributed by atoms with van der Waals surface area (Å²) < 4.78 is 0. The summed E-state index contributed by atoms with van der Waals surface area (Å²) in [5, 5.41) is 2.54. The van der Waals surface area contributed by atoms with Gasteiger partial charge in [-0.15, -0.1) is 17.0 Å². The number of hydrogen-bond acceptors (Lipinski definition) is 3. The Morgan fingerprint density at radius 2 is 2.07 bits per heavy atom. The summed E-state index contributed by atoms with van der Waals surface area (Å²) in [6.07, 6.45) is 0. The van der Waals surface area contributed by atoms with E-state index in [1.54, 1.807) is 12.1 Å². The molecule has 1 heterocycles. The van der Waals surface area contributed by atoms with E-state index in [-0.39, 0.29) is 28.4 Å². The minimum absolute atomic E-state index is 0. The number of amides is 1. The fourth-order valence-corrected chi connectivity index (χ4v) is 1.79. The average molecular weight is 282 g/mol. The first-order valence-corrected chi connectivity index (χ1v) is 5.13. The molecule has 82 valence electrons. The van der Waals surface area contributed by atoms with Crippen molar-refractivity contribution in [3.8, 4) is 0 Å². The molecular weight excluding hydrogens is 266 g/mol. The summed E-state index contributed by atoms with van der Waals surface area (Å²) in [6.45, 7) is 6.10. The number of thioether (sulfide) groups is 1. The summed E-state index contributed by atoms with van der Waals surface area (Å²) >= 11 is 1.47. The monoisotopic (exact) mass is 281 g/mol. The number of carbonyl (C=O) groups is 1. The van der Waals surface area contributed by atoms with E-state index in [4.69, 9.17) is 0 Å². The third kappa shape index (κ3) is 4.32. The molecule has 1 aliphatic heterocycles. The summed E-state index contributed by atoms with van der Waals surface area (Å²) in [6, 6.07) is 0. The van der Waals surface area contributed by atoms with Gasteiger partial charge < -0.3 is 0 Å². The lowest BCUT2D eigenvalue weighted by molar-refractivity contribution is -0.121. The molecule has 1 aliphatic rings. The van der Waals surface area contributed by atoms with Crippen LogP contribution in [0.3, 0.4) is 0 Å². The molecule has 0 aromatic heterocycles. The topological polar surface area (TPSA) is 44.7 Å². The maximum absolute atomic E-state index is 11.0. The van der Waals surface area contributed by atoms with Crippen LogP contribution in [0.15, 0.2) is 4.99 Å². The molecular formula is C8H16BrN3OS. The van der Waals surface area contributed by atoms with E-state index in [1.807, 2.05) is 20.8 Å². The molecule has 0 bridgehead atoms. The van der Waals surface area contributed by atoms with Gasteiger partial charge in [-0.3, -0.25) is 20.2 Å². The van der Waals surface area contributed by atoms with Crippen LogP contribution in [-0.2, 0) is 4.79 Å². The third-order valence-electron chi connectivity index (χ3n) is 1.34. The van der Waals surface area contributed by atoms with Crippen molar-refractivity contribution in [1.82, 2.24) is 10.4 Å². The molecule has 0 aliphatic carbocycles. The quantitative estimate of drug-likeness (QED) is 0.731. The van der Waals surface area contributed by atoms with Gasteiger partial charge in [-0.05, 0) is 20.8 Å². The number of nitrogens with one attached hydrogen (secondary N) is 1. The summed E-state index contributed by atoms with van der Waals surface area (Å²) in [5.74, 6) is 0.486. The number of rotatable bonds is 0. The van der Waals surface area contributed by atoms with Crippen molar-refractivity contribution in [2.45, 2.75) is 26.3 Å². The van der Waals surface area contributed by atoms with E-state index >= 15 is 0 Å². The maximum Gasteiger partial charge on any atom is 0.249 e. The molecule has 4 nitrogen and oxygen atoms in total. The number of aliphatic imine (C=N–C) groups is 1.